The van der Waals surface area contributed by atoms with Crippen molar-refractivity contribution in [3.63, 3.8) is 0 Å². The molecule has 1 rings (SSSR count). The summed E-state index contributed by atoms with van der Waals surface area (Å²) in [5.41, 5.74) is -3.28. The highest BCUT2D eigenvalue weighted by Gasteiger charge is 2.34. The summed E-state index contributed by atoms with van der Waals surface area (Å²) in [6.45, 7) is 0. The highest BCUT2D eigenvalue weighted by Crippen LogP contribution is 2.30. The number of nitrogens with zero attached hydrogens (tertiary/aromatic N) is 1. The minimum Gasteiger partial charge on any atom is -0.475 e. The predicted octanol–water partition coefficient (Wildman–Crippen LogP) is 1.35. The summed E-state index contributed by atoms with van der Waals surface area (Å²) in [6, 6.07) is 0. The predicted molar refractivity (Wildman–Crippen MR) is 49.3 cm³/mol. The first kappa shape index (κ1) is 14.5. The number of rotatable bonds is 4. The lowest BCUT2D eigenvalue weighted by Crippen LogP contribution is -2.18. The normalized spacial score (nSPS) is 10.3. The number of hydrogen-bond donors (Lipinski definition) is 1. The van der Waals surface area contributed by atoms with Crippen molar-refractivity contribution >= 4 is 17.4 Å². The number of hydrogen-bond acceptors (Lipinski definition) is 4. The summed E-state index contributed by atoms with van der Waals surface area (Å²) in [4.78, 5) is 29.9. The summed E-state index contributed by atoms with van der Waals surface area (Å²) in [5.74, 6) is -13.1. The first-order valence-electron chi connectivity index (χ1n) is 4.43. The van der Waals surface area contributed by atoms with E-state index in [9.17, 15) is 37.3 Å². The van der Waals surface area contributed by atoms with Crippen LogP contribution in [0.15, 0.2) is 0 Å². The molecule has 0 atom stereocenters. The molecule has 1 N–H and O–H groups in total. The largest absolute Gasteiger partial charge is 0.475 e. The van der Waals surface area contributed by atoms with Crippen molar-refractivity contribution < 1.29 is 37.2 Å². The van der Waals surface area contributed by atoms with Gasteiger partial charge in [0.15, 0.2) is 11.6 Å². The molecule has 0 aromatic heterocycles. The number of carbonyl (C=O) groups excluding carboxylic acids is 1. The summed E-state index contributed by atoms with van der Waals surface area (Å²) in [7, 11) is 0. The Hall–Kier alpha value is -2.52. The van der Waals surface area contributed by atoms with Gasteiger partial charge in [0.25, 0.3) is 0 Å². The van der Waals surface area contributed by atoms with Gasteiger partial charge in [-0.25, -0.2) is 18.0 Å². The van der Waals surface area contributed by atoms with E-state index in [1.54, 1.807) is 0 Å². The molecule has 0 heterocycles. The minimum absolute atomic E-state index is 1.46. The molecule has 0 fully saturated rings. The number of nitro benzene ring substituents is 1. The van der Waals surface area contributed by atoms with Crippen molar-refractivity contribution in [2.75, 3.05) is 0 Å². The number of carboxylic acid groups (broad SMARTS) is 1. The first-order valence-corrected chi connectivity index (χ1v) is 4.43. The van der Waals surface area contributed by atoms with Gasteiger partial charge in [-0.3, -0.25) is 14.9 Å². The van der Waals surface area contributed by atoms with Crippen molar-refractivity contribution in [3.8, 4) is 0 Å². The molecule has 0 aliphatic carbocycles. The second kappa shape index (κ2) is 5.00. The Kier molecular flexibility index (Phi) is 3.83. The van der Waals surface area contributed by atoms with Crippen LogP contribution in [0.1, 0.15) is 5.56 Å². The van der Waals surface area contributed by atoms with Crippen LogP contribution in [-0.2, 0) is 16.0 Å². The van der Waals surface area contributed by atoms with Crippen LogP contribution in [0, 0.1) is 33.4 Å². The van der Waals surface area contributed by atoms with E-state index in [1.807, 2.05) is 0 Å². The van der Waals surface area contributed by atoms with Crippen molar-refractivity contribution in [1.29, 1.82) is 0 Å². The van der Waals surface area contributed by atoms with Gasteiger partial charge in [-0.05, 0) is 0 Å². The van der Waals surface area contributed by atoms with E-state index in [0.717, 1.165) is 0 Å². The van der Waals surface area contributed by atoms with Crippen molar-refractivity contribution in [3.05, 3.63) is 38.9 Å². The monoisotopic (exact) mass is 281 g/mol. The number of carbonyl (C=O) groups is 2. The zero-order chi connectivity index (χ0) is 14.9. The van der Waals surface area contributed by atoms with E-state index in [1.165, 1.54) is 0 Å². The molecule has 0 aliphatic rings. The van der Waals surface area contributed by atoms with Crippen LogP contribution in [0.2, 0.25) is 0 Å². The van der Waals surface area contributed by atoms with Crippen LogP contribution in [-0.4, -0.2) is 21.8 Å². The topological polar surface area (TPSA) is 97.5 Å². The van der Waals surface area contributed by atoms with Gasteiger partial charge in [0.1, 0.15) is 0 Å². The molecule has 0 saturated carbocycles. The van der Waals surface area contributed by atoms with E-state index in [-0.39, 0.29) is 0 Å². The molecular formula is C9H3F4NO5. The number of nitro groups is 1. The van der Waals surface area contributed by atoms with Crippen molar-refractivity contribution in [2.45, 2.75) is 6.42 Å². The Morgan fingerprint density at radius 1 is 1.05 bits per heavy atom. The minimum atomic E-state index is -2.42. The Labute approximate surface area is 101 Å². The molecule has 0 bridgehead atoms. The molecule has 0 radical (unpaired) electrons. The van der Waals surface area contributed by atoms with Crippen molar-refractivity contribution in [1.82, 2.24) is 0 Å². The van der Waals surface area contributed by atoms with Gasteiger partial charge in [0, 0.05) is 0 Å². The van der Waals surface area contributed by atoms with Gasteiger partial charge in [0.05, 0.1) is 16.9 Å². The van der Waals surface area contributed by atoms with Gasteiger partial charge in [-0.15, -0.1) is 0 Å². The molecule has 10 heteroatoms. The summed E-state index contributed by atoms with van der Waals surface area (Å²) >= 11 is 0. The smallest absolute Gasteiger partial charge is 0.372 e. The van der Waals surface area contributed by atoms with Gasteiger partial charge < -0.3 is 5.11 Å². The molecule has 0 amide bonds. The molecule has 0 aliphatic heterocycles. The van der Waals surface area contributed by atoms with Gasteiger partial charge >= 0.3 is 11.7 Å². The fourth-order valence-electron chi connectivity index (χ4n) is 1.25. The average Bonchev–Trinajstić information content (AvgIpc) is 2.32. The summed E-state index contributed by atoms with van der Waals surface area (Å²) in [5, 5.41) is 18.7. The fraction of sp³-hybridized carbons (Fsp3) is 0.111. The molecule has 0 unspecified atom stereocenters. The van der Waals surface area contributed by atoms with Gasteiger partial charge in [0.2, 0.25) is 17.4 Å². The molecular weight excluding hydrogens is 278 g/mol. The number of ketones is 1. The third kappa shape index (κ3) is 2.51. The first-order chi connectivity index (χ1) is 8.68. The fourth-order valence-corrected chi connectivity index (χ4v) is 1.25. The number of aliphatic carboxylic acids is 1. The number of benzene rings is 1. The molecule has 1 aromatic carbocycles. The second-order valence-corrected chi connectivity index (χ2v) is 3.25. The molecule has 102 valence electrons. The Morgan fingerprint density at radius 3 is 1.95 bits per heavy atom. The van der Waals surface area contributed by atoms with E-state index in [2.05, 4.69) is 0 Å². The third-order valence-corrected chi connectivity index (χ3v) is 2.10. The lowest BCUT2D eigenvalue weighted by Gasteiger charge is -2.05. The average molecular weight is 281 g/mol. The lowest BCUT2D eigenvalue weighted by molar-refractivity contribution is -0.388. The van der Waals surface area contributed by atoms with Gasteiger partial charge in [-0.2, -0.15) is 4.39 Å². The summed E-state index contributed by atoms with van der Waals surface area (Å²) < 4.78 is 52.0. The standard InChI is InChI=1S/C9H3F4NO5/c10-4-2(1-3(15)9(16)17)8(14(18)19)7(13)6(12)5(4)11/h1H2,(H,16,17). The quantitative estimate of drug-likeness (QED) is 0.224. The highest BCUT2D eigenvalue weighted by atomic mass is 19.2. The molecule has 19 heavy (non-hydrogen) atoms. The van der Waals surface area contributed by atoms with Crippen LogP contribution in [0.4, 0.5) is 23.2 Å². The van der Waals surface area contributed by atoms with Gasteiger partial charge in [-0.1, -0.05) is 0 Å². The van der Waals surface area contributed by atoms with E-state index >= 15 is 0 Å². The third-order valence-electron chi connectivity index (χ3n) is 2.10. The van der Waals surface area contributed by atoms with Crippen LogP contribution in [0.3, 0.4) is 0 Å². The maximum Gasteiger partial charge on any atom is 0.372 e. The van der Waals surface area contributed by atoms with Crippen LogP contribution in [0.5, 0.6) is 0 Å². The number of halogens is 4. The zero-order valence-electron chi connectivity index (χ0n) is 8.75. The molecule has 1 aromatic rings. The maximum absolute atomic E-state index is 13.3. The van der Waals surface area contributed by atoms with Crippen LogP contribution in [0.25, 0.3) is 0 Å². The zero-order valence-corrected chi connectivity index (χ0v) is 8.75. The maximum atomic E-state index is 13.3. The van der Waals surface area contributed by atoms with E-state index in [0.29, 0.717) is 0 Å². The second-order valence-electron chi connectivity index (χ2n) is 3.25. The Balaban J connectivity index is 3.57. The highest BCUT2D eigenvalue weighted by molar-refractivity contribution is 6.33. The van der Waals surface area contributed by atoms with Crippen molar-refractivity contribution in [2.24, 2.45) is 0 Å². The van der Waals surface area contributed by atoms with Crippen LogP contribution >= 0.6 is 0 Å². The molecule has 0 spiro atoms. The Bertz CT molecular complexity index is 601. The SMILES string of the molecule is O=C(O)C(=O)Cc1c(F)c(F)c(F)c(F)c1[N+](=O)[O-]. The number of carboxylic acids is 1. The molecule has 6 nitrogen and oxygen atoms in total. The van der Waals surface area contributed by atoms with E-state index in [4.69, 9.17) is 5.11 Å². The van der Waals surface area contributed by atoms with Crippen LogP contribution < -0.4 is 0 Å². The van der Waals surface area contributed by atoms with E-state index < -0.39 is 57.6 Å². The lowest BCUT2D eigenvalue weighted by atomic mass is 10.0. The summed E-state index contributed by atoms with van der Waals surface area (Å²) in [6.07, 6.45) is -1.48. The molecule has 0 saturated heterocycles. The Morgan fingerprint density at radius 2 is 1.53 bits per heavy atom. The number of Topliss-reactive ketones (excluding diaryl/α,β-unsaturated/α-hetero) is 1.